The average molecular weight is 490 g/mol. The average Bonchev–Trinajstić information content (AvgIpc) is 3.21. The molecule has 0 bridgehead atoms. The number of rotatable bonds is 8. The Morgan fingerprint density at radius 3 is 1.89 bits per heavy atom. The molecule has 5 rings (SSSR count). The van der Waals surface area contributed by atoms with Gasteiger partial charge in [-0.1, -0.05) is 60.7 Å². The number of cyclic esters (lactones) is 1. The second-order valence-electron chi connectivity index (χ2n) is 8.83. The van der Waals surface area contributed by atoms with Crippen molar-refractivity contribution in [3.8, 4) is 5.75 Å². The van der Waals surface area contributed by atoms with Crippen LogP contribution in [0.2, 0.25) is 0 Å². The zero-order valence-corrected chi connectivity index (χ0v) is 20.5. The van der Waals surface area contributed by atoms with E-state index in [-0.39, 0.29) is 11.5 Å². The van der Waals surface area contributed by atoms with Crippen LogP contribution in [0.1, 0.15) is 17.5 Å². The lowest BCUT2D eigenvalue weighted by molar-refractivity contribution is -0.139. The third-order valence-electron chi connectivity index (χ3n) is 6.41. The maximum atomic E-state index is 12.9. The monoisotopic (exact) mass is 489 g/mol. The molecule has 1 saturated heterocycles. The number of carbonyl (C=O) groups excluding carboxylic acids is 2. The van der Waals surface area contributed by atoms with Crippen molar-refractivity contribution in [1.29, 1.82) is 0 Å². The van der Waals surface area contributed by atoms with Crippen LogP contribution in [0.25, 0.3) is 6.08 Å². The lowest BCUT2D eigenvalue weighted by atomic mass is 9.96. The number of hydrogen-bond acceptors (Lipinski definition) is 5. The number of ketones is 1. The number of benzene rings is 4. The first-order valence-electron chi connectivity index (χ1n) is 12.2. The van der Waals surface area contributed by atoms with Crippen molar-refractivity contribution < 1.29 is 19.1 Å². The number of anilines is 3. The number of Topliss-reactive ketones (excluding diaryl/α,β-unsaturated/α-hetero) is 1. The van der Waals surface area contributed by atoms with Gasteiger partial charge >= 0.3 is 5.97 Å². The zero-order chi connectivity index (χ0) is 25.6. The molecule has 1 unspecified atom stereocenters. The second kappa shape index (κ2) is 11.0. The van der Waals surface area contributed by atoms with Crippen LogP contribution in [0.5, 0.6) is 5.75 Å². The molecule has 184 valence electrons. The van der Waals surface area contributed by atoms with E-state index in [1.165, 1.54) is 0 Å². The van der Waals surface area contributed by atoms with Crippen molar-refractivity contribution >= 4 is 34.9 Å². The Labute approximate surface area is 216 Å². The Morgan fingerprint density at radius 2 is 1.32 bits per heavy atom. The first-order chi connectivity index (χ1) is 18.1. The highest BCUT2D eigenvalue weighted by molar-refractivity contribution is 6.15. The zero-order valence-electron chi connectivity index (χ0n) is 20.5. The normalized spacial score (nSPS) is 16.0. The first kappa shape index (κ1) is 24.1. The third kappa shape index (κ3) is 5.46. The lowest BCUT2D eigenvalue weighted by Gasteiger charge is -2.25. The van der Waals surface area contributed by atoms with Crippen LogP contribution < -0.4 is 9.64 Å². The summed E-state index contributed by atoms with van der Waals surface area (Å²) in [5.74, 6) is -0.662. The van der Waals surface area contributed by atoms with Gasteiger partial charge in [-0.25, -0.2) is 0 Å². The van der Waals surface area contributed by atoms with E-state index in [0.29, 0.717) is 12.8 Å². The molecule has 1 heterocycles. The standard InChI is InChI=1S/C32H27NO4/c1-36-28-19-14-23(15-20-28)16-21-29-31(34)30(37-32(29)35)22-24-12-17-27(18-13-24)33(25-8-4-2-5-9-25)26-10-6-3-7-11-26/h2-15,17-20,22,29H,16,21H2,1H3. The van der Waals surface area contributed by atoms with Crippen molar-refractivity contribution in [2.75, 3.05) is 12.0 Å². The highest BCUT2D eigenvalue weighted by Crippen LogP contribution is 2.34. The largest absolute Gasteiger partial charge is 0.497 e. The quantitative estimate of drug-likeness (QED) is 0.153. The molecule has 0 radical (unpaired) electrons. The molecule has 0 saturated carbocycles. The van der Waals surface area contributed by atoms with Gasteiger partial charge in [-0.15, -0.1) is 0 Å². The summed E-state index contributed by atoms with van der Waals surface area (Å²) in [7, 11) is 1.62. The van der Waals surface area contributed by atoms with Gasteiger partial charge in [0.2, 0.25) is 5.78 Å². The highest BCUT2D eigenvalue weighted by Gasteiger charge is 2.39. The van der Waals surface area contributed by atoms with Gasteiger partial charge in [0, 0.05) is 17.1 Å². The Kier molecular flexibility index (Phi) is 7.13. The summed E-state index contributed by atoms with van der Waals surface area (Å²) in [6.07, 6.45) is 2.66. The van der Waals surface area contributed by atoms with Gasteiger partial charge in [0.1, 0.15) is 11.7 Å². The van der Waals surface area contributed by atoms with Crippen LogP contribution in [-0.2, 0) is 20.7 Å². The van der Waals surface area contributed by atoms with Crippen molar-refractivity contribution in [1.82, 2.24) is 0 Å². The molecule has 4 aromatic carbocycles. The van der Waals surface area contributed by atoms with Crippen LogP contribution in [-0.4, -0.2) is 18.9 Å². The highest BCUT2D eigenvalue weighted by atomic mass is 16.5. The van der Waals surface area contributed by atoms with E-state index in [0.717, 1.165) is 33.9 Å². The molecule has 0 aromatic heterocycles. The molecule has 1 aliphatic heterocycles. The molecular formula is C32H27NO4. The predicted octanol–water partition coefficient (Wildman–Crippen LogP) is 6.88. The van der Waals surface area contributed by atoms with E-state index >= 15 is 0 Å². The summed E-state index contributed by atoms with van der Waals surface area (Å²) in [6, 6.07) is 35.7. The van der Waals surface area contributed by atoms with Crippen LogP contribution >= 0.6 is 0 Å². The van der Waals surface area contributed by atoms with Gasteiger partial charge in [-0.05, 0) is 78.6 Å². The Balaban J connectivity index is 1.32. The smallest absolute Gasteiger partial charge is 0.322 e. The van der Waals surface area contributed by atoms with Gasteiger partial charge in [0.25, 0.3) is 0 Å². The molecule has 5 nitrogen and oxygen atoms in total. The maximum absolute atomic E-state index is 12.9. The summed E-state index contributed by atoms with van der Waals surface area (Å²) >= 11 is 0. The van der Waals surface area contributed by atoms with Gasteiger partial charge in [0.05, 0.1) is 7.11 Å². The third-order valence-corrected chi connectivity index (χ3v) is 6.41. The van der Waals surface area contributed by atoms with Crippen molar-refractivity contribution in [2.45, 2.75) is 12.8 Å². The number of carbonyl (C=O) groups is 2. The fraction of sp³-hybridized carbons (Fsp3) is 0.125. The van der Waals surface area contributed by atoms with E-state index in [4.69, 9.17) is 9.47 Å². The van der Waals surface area contributed by atoms with Gasteiger partial charge in [-0.3, -0.25) is 9.59 Å². The number of ether oxygens (including phenoxy) is 2. The van der Waals surface area contributed by atoms with E-state index in [1.807, 2.05) is 84.9 Å². The number of allylic oxidation sites excluding steroid dienone is 1. The SMILES string of the molecule is COc1ccc(CCC2C(=O)OC(=Cc3ccc(N(c4ccccc4)c4ccccc4)cc3)C2=O)cc1. The van der Waals surface area contributed by atoms with Gasteiger partial charge < -0.3 is 14.4 Å². The van der Waals surface area contributed by atoms with Crippen LogP contribution in [0, 0.1) is 5.92 Å². The molecule has 0 amide bonds. The number of nitrogens with zero attached hydrogens (tertiary/aromatic N) is 1. The van der Waals surface area contributed by atoms with E-state index in [2.05, 4.69) is 29.2 Å². The Bertz CT molecular complexity index is 1360. The van der Waals surface area contributed by atoms with E-state index in [1.54, 1.807) is 13.2 Å². The first-order valence-corrected chi connectivity index (χ1v) is 12.2. The predicted molar refractivity (Wildman–Crippen MR) is 145 cm³/mol. The molecule has 0 aliphatic carbocycles. The van der Waals surface area contributed by atoms with Crippen LogP contribution in [0.3, 0.4) is 0 Å². The summed E-state index contributed by atoms with van der Waals surface area (Å²) in [6.45, 7) is 0. The van der Waals surface area contributed by atoms with Crippen molar-refractivity contribution in [3.05, 3.63) is 126 Å². The summed E-state index contributed by atoms with van der Waals surface area (Å²) in [4.78, 5) is 27.6. The minimum Gasteiger partial charge on any atom is -0.497 e. The molecule has 1 atom stereocenters. The fourth-order valence-corrected chi connectivity index (χ4v) is 4.43. The number of esters is 1. The number of methoxy groups -OCH3 is 1. The van der Waals surface area contributed by atoms with Crippen molar-refractivity contribution in [3.63, 3.8) is 0 Å². The number of hydrogen-bond donors (Lipinski definition) is 0. The number of aryl methyl sites for hydroxylation is 1. The minimum absolute atomic E-state index is 0.0976. The minimum atomic E-state index is -0.778. The second-order valence-corrected chi connectivity index (χ2v) is 8.83. The van der Waals surface area contributed by atoms with Crippen LogP contribution in [0.15, 0.2) is 115 Å². The fourth-order valence-electron chi connectivity index (χ4n) is 4.43. The summed E-state index contributed by atoms with van der Waals surface area (Å²) in [5, 5.41) is 0. The molecule has 37 heavy (non-hydrogen) atoms. The molecule has 0 spiro atoms. The van der Waals surface area contributed by atoms with Crippen molar-refractivity contribution in [2.24, 2.45) is 5.92 Å². The van der Waals surface area contributed by atoms with E-state index < -0.39 is 11.9 Å². The molecule has 4 aromatic rings. The molecule has 0 N–H and O–H groups in total. The Morgan fingerprint density at radius 1 is 0.757 bits per heavy atom. The Hall–Kier alpha value is -4.64. The van der Waals surface area contributed by atoms with Gasteiger partial charge in [-0.2, -0.15) is 0 Å². The lowest BCUT2D eigenvalue weighted by Crippen LogP contribution is -2.15. The molecule has 5 heteroatoms. The van der Waals surface area contributed by atoms with Gasteiger partial charge in [0.15, 0.2) is 5.76 Å². The maximum Gasteiger partial charge on any atom is 0.322 e. The molecular weight excluding hydrogens is 462 g/mol. The molecule has 1 aliphatic rings. The summed E-state index contributed by atoms with van der Waals surface area (Å²) in [5.41, 5.74) is 4.89. The summed E-state index contributed by atoms with van der Waals surface area (Å²) < 4.78 is 10.6. The molecule has 1 fully saturated rings. The number of para-hydroxylation sites is 2. The topological polar surface area (TPSA) is 55.8 Å². The van der Waals surface area contributed by atoms with Crippen LogP contribution in [0.4, 0.5) is 17.1 Å². The van der Waals surface area contributed by atoms with E-state index in [9.17, 15) is 9.59 Å².